The monoisotopic (exact) mass is 254 g/mol. The Morgan fingerprint density at radius 1 is 1.47 bits per heavy atom. The van der Waals surface area contributed by atoms with E-state index in [0.29, 0.717) is 30.1 Å². The summed E-state index contributed by atoms with van der Waals surface area (Å²) in [6.45, 7) is 2.52. The van der Waals surface area contributed by atoms with Gasteiger partial charge in [-0.05, 0) is 11.6 Å². The molecule has 0 saturated carbocycles. The molecule has 0 spiro atoms. The lowest BCUT2D eigenvalue weighted by atomic mass is 10.4. The summed E-state index contributed by atoms with van der Waals surface area (Å²) in [6, 6.07) is 0. The van der Waals surface area contributed by atoms with E-state index in [1.54, 1.807) is 0 Å². The zero-order valence-electron chi connectivity index (χ0n) is 9.12. The van der Waals surface area contributed by atoms with Gasteiger partial charge in [0.1, 0.15) is 5.52 Å². The Labute approximate surface area is 102 Å². The van der Waals surface area contributed by atoms with Crippen LogP contribution in [0.15, 0.2) is 6.33 Å². The number of rotatable bonds is 4. The lowest BCUT2D eigenvalue weighted by molar-refractivity contribution is -0.118. The van der Waals surface area contributed by atoms with E-state index in [1.165, 1.54) is 13.3 Å². The van der Waals surface area contributed by atoms with Crippen LogP contribution in [0.4, 0.5) is 5.82 Å². The second-order valence-corrected chi connectivity index (χ2v) is 3.69. The van der Waals surface area contributed by atoms with Crippen molar-refractivity contribution >= 4 is 34.5 Å². The van der Waals surface area contributed by atoms with Crippen molar-refractivity contribution in [1.29, 1.82) is 0 Å². The van der Waals surface area contributed by atoms with Crippen LogP contribution in [-0.4, -0.2) is 38.9 Å². The average molecular weight is 255 g/mol. The van der Waals surface area contributed by atoms with Gasteiger partial charge in [-0.2, -0.15) is 9.97 Å². The lowest BCUT2D eigenvalue weighted by Crippen LogP contribution is -2.26. The predicted molar refractivity (Wildman–Crippen MR) is 63.9 cm³/mol. The number of imidazole rings is 1. The number of anilines is 1. The Kier molecular flexibility index (Phi) is 3.38. The van der Waals surface area contributed by atoms with Gasteiger partial charge in [0.25, 0.3) is 0 Å². The first-order valence-corrected chi connectivity index (χ1v) is 5.39. The Morgan fingerprint density at radius 2 is 2.29 bits per heavy atom. The van der Waals surface area contributed by atoms with Crippen molar-refractivity contribution in [3.8, 4) is 0 Å². The molecule has 2 aromatic rings. The molecule has 90 valence electrons. The van der Waals surface area contributed by atoms with Crippen molar-refractivity contribution in [3.63, 3.8) is 0 Å². The molecule has 0 aromatic carbocycles. The standard InChI is InChI=1S/C9H11ClN6O/c1-5(17)11-2-3-12-7-6-8(14-4-13-6)16-9(10)15-7/h4H,2-3H2,1H3,(H,11,17)(H2,12,13,14,15,16). The molecular formula is C9H11ClN6O. The summed E-state index contributed by atoms with van der Waals surface area (Å²) in [6.07, 6.45) is 1.52. The number of carbonyl (C=O) groups is 1. The van der Waals surface area contributed by atoms with E-state index in [4.69, 9.17) is 11.6 Å². The number of carbonyl (C=O) groups excluding carboxylic acids is 1. The molecule has 0 bridgehead atoms. The van der Waals surface area contributed by atoms with E-state index < -0.39 is 0 Å². The van der Waals surface area contributed by atoms with Gasteiger partial charge in [0.2, 0.25) is 11.2 Å². The molecule has 0 unspecified atom stereocenters. The third kappa shape index (κ3) is 2.82. The van der Waals surface area contributed by atoms with Gasteiger partial charge in [-0.3, -0.25) is 4.79 Å². The number of hydrogen-bond donors (Lipinski definition) is 3. The first kappa shape index (κ1) is 11.6. The Bertz CT molecular complexity index is 539. The van der Waals surface area contributed by atoms with E-state index in [0.717, 1.165) is 0 Å². The number of hydrogen-bond acceptors (Lipinski definition) is 5. The quantitative estimate of drug-likeness (QED) is 0.547. The van der Waals surface area contributed by atoms with Crippen molar-refractivity contribution in [2.75, 3.05) is 18.4 Å². The molecule has 17 heavy (non-hydrogen) atoms. The highest BCUT2D eigenvalue weighted by Crippen LogP contribution is 2.17. The zero-order chi connectivity index (χ0) is 12.3. The summed E-state index contributed by atoms with van der Waals surface area (Å²) >= 11 is 5.76. The fourth-order valence-corrected chi connectivity index (χ4v) is 1.52. The van der Waals surface area contributed by atoms with Gasteiger partial charge in [0.15, 0.2) is 11.5 Å². The number of aromatic amines is 1. The predicted octanol–water partition coefficient (Wildman–Crippen LogP) is 0.554. The molecule has 8 heteroatoms. The molecule has 2 aromatic heterocycles. The largest absolute Gasteiger partial charge is 0.366 e. The smallest absolute Gasteiger partial charge is 0.226 e. The molecule has 3 N–H and O–H groups in total. The maximum absolute atomic E-state index is 10.7. The first-order valence-electron chi connectivity index (χ1n) is 5.02. The average Bonchev–Trinajstić information content (AvgIpc) is 2.71. The van der Waals surface area contributed by atoms with Gasteiger partial charge in [-0.15, -0.1) is 0 Å². The van der Waals surface area contributed by atoms with Gasteiger partial charge >= 0.3 is 0 Å². The van der Waals surface area contributed by atoms with Crippen LogP contribution >= 0.6 is 11.6 Å². The van der Waals surface area contributed by atoms with E-state index in [1.807, 2.05) is 0 Å². The van der Waals surface area contributed by atoms with Gasteiger partial charge in [-0.25, -0.2) is 4.98 Å². The molecule has 0 radical (unpaired) electrons. The summed E-state index contributed by atoms with van der Waals surface area (Å²) in [5, 5.41) is 5.85. The molecule has 0 aliphatic rings. The van der Waals surface area contributed by atoms with Crippen molar-refractivity contribution in [3.05, 3.63) is 11.6 Å². The minimum absolute atomic E-state index is 0.0702. The molecule has 1 amide bonds. The topological polar surface area (TPSA) is 95.6 Å². The number of H-pyrrole nitrogens is 1. The number of nitrogens with one attached hydrogen (secondary N) is 3. The second-order valence-electron chi connectivity index (χ2n) is 3.35. The second kappa shape index (κ2) is 4.96. The Morgan fingerprint density at radius 3 is 3.06 bits per heavy atom. The van der Waals surface area contributed by atoms with E-state index in [9.17, 15) is 4.79 Å². The van der Waals surface area contributed by atoms with E-state index in [2.05, 4.69) is 30.6 Å². The summed E-state index contributed by atoms with van der Waals surface area (Å²) in [4.78, 5) is 25.6. The van der Waals surface area contributed by atoms with Crippen LogP contribution in [0, 0.1) is 0 Å². The van der Waals surface area contributed by atoms with Crippen LogP contribution in [0.1, 0.15) is 6.92 Å². The van der Waals surface area contributed by atoms with Crippen LogP contribution in [0.3, 0.4) is 0 Å². The Hall–Kier alpha value is -1.89. The molecule has 2 rings (SSSR count). The highest BCUT2D eigenvalue weighted by Gasteiger charge is 2.07. The summed E-state index contributed by atoms with van der Waals surface area (Å²) < 4.78 is 0. The SMILES string of the molecule is CC(=O)NCCNc1nc(Cl)nc2nc[nH]c12. The lowest BCUT2D eigenvalue weighted by Gasteiger charge is -2.06. The molecular weight excluding hydrogens is 244 g/mol. The summed E-state index contributed by atoms with van der Waals surface area (Å²) in [7, 11) is 0. The van der Waals surface area contributed by atoms with E-state index >= 15 is 0 Å². The minimum Gasteiger partial charge on any atom is -0.366 e. The molecule has 0 fully saturated rings. The summed E-state index contributed by atoms with van der Waals surface area (Å²) in [5.74, 6) is 0.502. The summed E-state index contributed by atoms with van der Waals surface area (Å²) in [5.41, 5.74) is 1.20. The molecule has 7 nitrogen and oxygen atoms in total. The fourth-order valence-electron chi connectivity index (χ4n) is 1.35. The highest BCUT2D eigenvalue weighted by atomic mass is 35.5. The van der Waals surface area contributed by atoms with Crippen LogP contribution < -0.4 is 10.6 Å². The molecule has 0 aliphatic heterocycles. The van der Waals surface area contributed by atoms with Crippen molar-refractivity contribution in [2.24, 2.45) is 0 Å². The van der Waals surface area contributed by atoms with Crippen LogP contribution in [0.2, 0.25) is 5.28 Å². The van der Waals surface area contributed by atoms with E-state index in [-0.39, 0.29) is 11.2 Å². The van der Waals surface area contributed by atoms with Crippen LogP contribution in [0.5, 0.6) is 0 Å². The third-order valence-electron chi connectivity index (χ3n) is 2.05. The fraction of sp³-hybridized carbons (Fsp3) is 0.333. The van der Waals surface area contributed by atoms with Gasteiger partial charge < -0.3 is 15.6 Å². The van der Waals surface area contributed by atoms with Crippen molar-refractivity contribution < 1.29 is 4.79 Å². The normalized spacial score (nSPS) is 10.5. The number of halogens is 1. The van der Waals surface area contributed by atoms with Crippen LogP contribution in [0.25, 0.3) is 11.2 Å². The number of aromatic nitrogens is 4. The highest BCUT2D eigenvalue weighted by molar-refractivity contribution is 6.28. The van der Waals surface area contributed by atoms with Gasteiger partial charge in [0, 0.05) is 20.0 Å². The van der Waals surface area contributed by atoms with Crippen molar-refractivity contribution in [1.82, 2.24) is 25.3 Å². The third-order valence-corrected chi connectivity index (χ3v) is 2.22. The molecule has 0 aliphatic carbocycles. The number of nitrogens with zero attached hydrogens (tertiary/aromatic N) is 3. The zero-order valence-corrected chi connectivity index (χ0v) is 9.88. The van der Waals surface area contributed by atoms with Gasteiger partial charge in [-0.1, -0.05) is 0 Å². The van der Waals surface area contributed by atoms with Gasteiger partial charge in [0.05, 0.1) is 6.33 Å². The van der Waals surface area contributed by atoms with Crippen molar-refractivity contribution in [2.45, 2.75) is 6.92 Å². The van der Waals surface area contributed by atoms with Crippen LogP contribution in [-0.2, 0) is 4.79 Å². The molecule has 0 saturated heterocycles. The first-order chi connectivity index (χ1) is 8.16. The number of amides is 1. The minimum atomic E-state index is -0.0702. The molecule has 2 heterocycles. The Balaban J connectivity index is 2.07. The maximum Gasteiger partial charge on any atom is 0.226 e. The maximum atomic E-state index is 10.7. The molecule has 0 atom stereocenters. The number of fused-ring (bicyclic) bond motifs is 1.